The van der Waals surface area contributed by atoms with Crippen LogP contribution in [0.25, 0.3) is 0 Å². The molecule has 0 bridgehead atoms. The Kier molecular flexibility index (Phi) is 3.91. The number of hydrogen-bond acceptors (Lipinski definition) is 5. The molecule has 6 heteroatoms. The van der Waals surface area contributed by atoms with Crippen LogP contribution in [0.1, 0.15) is 5.56 Å². The molecule has 0 radical (unpaired) electrons. The second-order valence-corrected chi connectivity index (χ2v) is 4.61. The van der Waals surface area contributed by atoms with Crippen molar-refractivity contribution in [3.63, 3.8) is 0 Å². The van der Waals surface area contributed by atoms with Gasteiger partial charge in [-0.25, -0.2) is 14.4 Å². The zero-order chi connectivity index (χ0) is 15.4. The standard InChI is InChI=1S/C16H13FN4O/c1-11-2-3-12(8-14(11)17)22-13-4-5-19-15(9-13)21-16-10-18-6-7-20-16/h2-10H,1H3,(H,19,20,21). The third kappa shape index (κ3) is 3.35. The highest BCUT2D eigenvalue weighted by Crippen LogP contribution is 2.25. The first-order valence-corrected chi connectivity index (χ1v) is 6.64. The summed E-state index contributed by atoms with van der Waals surface area (Å²) >= 11 is 0. The Labute approximate surface area is 126 Å². The van der Waals surface area contributed by atoms with Crippen LogP contribution in [0.2, 0.25) is 0 Å². The highest BCUT2D eigenvalue weighted by molar-refractivity contribution is 5.52. The number of nitrogens with one attached hydrogen (secondary N) is 1. The molecule has 0 spiro atoms. The van der Waals surface area contributed by atoms with Crippen molar-refractivity contribution in [2.24, 2.45) is 0 Å². The molecule has 2 aromatic heterocycles. The van der Waals surface area contributed by atoms with E-state index in [9.17, 15) is 4.39 Å². The molecular weight excluding hydrogens is 283 g/mol. The minimum absolute atomic E-state index is 0.301. The van der Waals surface area contributed by atoms with Gasteiger partial charge in [0.1, 0.15) is 29.0 Å². The van der Waals surface area contributed by atoms with Gasteiger partial charge < -0.3 is 10.1 Å². The van der Waals surface area contributed by atoms with Crippen molar-refractivity contribution in [1.82, 2.24) is 15.0 Å². The molecule has 0 amide bonds. The molecule has 0 aliphatic heterocycles. The van der Waals surface area contributed by atoms with Gasteiger partial charge in [-0.3, -0.25) is 4.98 Å². The van der Waals surface area contributed by atoms with Crippen LogP contribution in [-0.2, 0) is 0 Å². The normalized spacial score (nSPS) is 10.3. The molecule has 0 aliphatic carbocycles. The van der Waals surface area contributed by atoms with E-state index in [0.29, 0.717) is 28.7 Å². The van der Waals surface area contributed by atoms with Crippen LogP contribution in [0.3, 0.4) is 0 Å². The summed E-state index contributed by atoms with van der Waals surface area (Å²) in [7, 11) is 0. The molecule has 3 rings (SSSR count). The number of ether oxygens (including phenoxy) is 1. The summed E-state index contributed by atoms with van der Waals surface area (Å²) < 4.78 is 19.2. The summed E-state index contributed by atoms with van der Waals surface area (Å²) in [5, 5.41) is 3.01. The third-order valence-corrected chi connectivity index (χ3v) is 2.93. The molecule has 2 heterocycles. The Morgan fingerprint density at radius 1 is 0.955 bits per heavy atom. The van der Waals surface area contributed by atoms with Crippen molar-refractivity contribution in [3.05, 3.63) is 66.5 Å². The molecule has 0 fully saturated rings. The number of aryl methyl sites for hydroxylation is 1. The van der Waals surface area contributed by atoms with Gasteiger partial charge in [0, 0.05) is 30.7 Å². The molecule has 0 saturated heterocycles. The number of benzene rings is 1. The van der Waals surface area contributed by atoms with E-state index in [1.54, 1.807) is 56.0 Å². The molecule has 0 saturated carbocycles. The van der Waals surface area contributed by atoms with Gasteiger partial charge in [-0.2, -0.15) is 0 Å². The fraction of sp³-hybridized carbons (Fsp3) is 0.0625. The summed E-state index contributed by atoms with van der Waals surface area (Å²) in [5.74, 6) is 1.81. The molecule has 0 atom stereocenters. The number of hydrogen-bond donors (Lipinski definition) is 1. The van der Waals surface area contributed by atoms with Crippen molar-refractivity contribution in [2.75, 3.05) is 5.32 Å². The van der Waals surface area contributed by atoms with E-state index in [4.69, 9.17) is 4.74 Å². The topological polar surface area (TPSA) is 59.9 Å². The van der Waals surface area contributed by atoms with Gasteiger partial charge in [0.25, 0.3) is 0 Å². The van der Waals surface area contributed by atoms with Gasteiger partial charge in [-0.1, -0.05) is 6.07 Å². The molecule has 110 valence electrons. The van der Waals surface area contributed by atoms with Crippen LogP contribution in [0, 0.1) is 12.7 Å². The van der Waals surface area contributed by atoms with Crippen LogP contribution in [0.5, 0.6) is 11.5 Å². The first kappa shape index (κ1) is 13.9. The first-order valence-electron chi connectivity index (χ1n) is 6.64. The Morgan fingerprint density at radius 3 is 2.55 bits per heavy atom. The van der Waals surface area contributed by atoms with Crippen LogP contribution in [0.15, 0.2) is 55.1 Å². The maximum absolute atomic E-state index is 13.5. The summed E-state index contributed by atoms with van der Waals surface area (Å²) in [6, 6.07) is 8.14. The van der Waals surface area contributed by atoms with Gasteiger partial charge >= 0.3 is 0 Å². The van der Waals surface area contributed by atoms with E-state index in [-0.39, 0.29) is 5.82 Å². The van der Waals surface area contributed by atoms with Crippen molar-refractivity contribution >= 4 is 11.6 Å². The van der Waals surface area contributed by atoms with Crippen molar-refractivity contribution < 1.29 is 9.13 Å². The molecule has 5 nitrogen and oxygen atoms in total. The van der Waals surface area contributed by atoms with Crippen LogP contribution >= 0.6 is 0 Å². The Morgan fingerprint density at radius 2 is 1.77 bits per heavy atom. The quantitative estimate of drug-likeness (QED) is 0.792. The number of anilines is 2. The minimum atomic E-state index is -0.301. The summed E-state index contributed by atoms with van der Waals surface area (Å²) in [4.78, 5) is 12.2. The van der Waals surface area contributed by atoms with Gasteiger partial charge in [-0.05, 0) is 24.6 Å². The maximum Gasteiger partial charge on any atom is 0.150 e. The van der Waals surface area contributed by atoms with Crippen LogP contribution < -0.4 is 10.1 Å². The van der Waals surface area contributed by atoms with Gasteiger partial charge in [-0.15, -0.1) is 0 Å². The summed E-state index contributed by atoms with van der Waals surface area (Å²) in [5.41, 5.74) is 0.576. The Balaban J connectivity index is 1.77. The van der Waals surface area contributed by atoms with E-state index in [2.05, 4.69) is 20.3 Å². The van der Waals surface area contributed by atoms with Crippen LogP contribution in [-0.4, -0.2) is 15.0 Å². The number of pyridine rings is 1. The summed E-state index contributed by atoms with van der Waals surface area (Å²) in [6.07, 6.45) is 6.35. The number of rotatable bonds is 4. The van der Waals surface area contributed by atoms with Gasteiger partial charge in [0.2, 0.25) is 0 Å². The van der Waals surface area contributed by atoms with E-state index in [1.807, 2.05) is 0 Å². The van der Waals surface area contributed by atoms with Crippen molar-refractivity contribution in [2.45, 2.75) is 6.92 Å². The molecular formula is C16H13FN4O. The highest BCUT2D eigenvalue weighted by atomic mass is 19.1. The lowest BCUT2D eigenvalue weighted by atomic mass is 10.2. The lowest BCUT2D eigenvalue weighted by molar-refractivity contribution is 0.475. The zero-order valence-electron chi connectivity index (χ0n) is 11.8. The molecule has 1 N–H and O–H groups in total. The number of halogens is 1. The second-order valence-electron chi connectivity index (χ2n) is 4.61. The van der Waals surface area contributed by atoms with E-state index < -0.39 is 0 Å². The predicted octanol–water partition coefficient (Wildman–Crippen LogP) is 3.86. The first-order chi connectivity index (χ1) is 10.7. The Hall–Kier alpha value is -3.02. The monoisotopic (exact) mass is 296 g/mol. The molecule has 22 heavy (non-hydrogen) atoms. The lowest BCUT2D eigenvalue weighted by Gasteiger charge is -2.09. The minimum Gasteiger partial charge on any atom is -0.457 e. The molecule has 3 aromatic rings. The third-order valence-electron chi connectivity index (χ3n) is 2.93. The fourth-order valence-corrected chi connectivity index (χ4v) is 1.81. The smallest absolute Gasteiger partial charge is 0.150 e. The maximum atomic E-state index is 13.5. The van der Waals surface area contributed by atoms with E-state index >= 15 is 0 Å². The molecule has 0 unspecified atom stereocenters. The second kappa shape index (κ2) is 6.17. The fourth-order valence-electron chi connectivity index (χ4n) is 1.81. The average molecular weight is 296 g/mol. The molecule has 0 aliphatic rings. The SMILES string of the molecule is Cc1ccc(Oc2ccnc(Nc3cnccn3)c2)cc1F. The zero-order valence-corrected chi connectivity index (χ0v) is 11.8. The average Bonchev–Trinajstić information content (AvgIpc) is 2.52. The van der Waals surface area contributed by atoms with Crippen LogP contribution in [0.4, 0.5) is 16.0 Å². The van der Waals surface area contributed by atoms with Gasteiger partial charge in [0.15, 0.2) is 0 Å². The largest absolute Gasteiger partial charge is 0.457 e. The summed E-state index contributed by atoms with van der Waals surface area (Å²) in [6.45, 7) is 1.70. The van der Waals surface area contributed by atoms with E-state index in [1.165, 1.54) is 6.07 Å². The highest BCUT2D eigenvalue weighted by Gasteiger charge is 2.04. The van der Waals surface area contributed by atoms with E-state index in [0.717, 1.165) is 0 Å². The Bertz CT molecular complexity index is 780. The number of nitrogens with zero attached hydrogens (tertiary/aromatic N) is 3. The molecule has 1 aromatic carbocycles. The predicted molar refractivity (Wildman–Crippen MR) is 80.8 cm³/mol. The van der Waals surface area contributed by atoms with Gasteiger partial charge in [0.05, 0.1) is 6.20 Å². The lowest BCUT2D eigenvalue weighted by Crippen LogP contribution is -1.96. The number of aromatic nitrogens is 3. The van der Waals surface area contributed by atoms with Crippen molar-refractivity contribution in [3.8, 4) is 11.5 Å². The van der Waals surface area contributed by atoms with Crippen molar-refractivity contribution in [1.29, 1.82) is 0 Å².